The van der Waals surface area contributed by atoms with Crippen LogP contribution in [0.3, 0.4) is 0 Å². The second-order valence-electron chi connectivity index (χ2n) is 6.77. The Bertz CT molecular complexity index is 750. The van der Waals surface area contributed by atoms with Crippen LogP contribution in [-0.4, -0.2) is 35.7 Å². The summed E-state index contributed by atoms with van der Waals surface area (Å²) in [5, 5.41) is 17.4. The summed E-state index contributed by atoms with van der Waals surface area (Å²) in [5.74, 6) is 2.21. The van der Waals surface area contributed by atoms with Gasteiger partial charge in [-0.3, -0.25) is 4.98 Å². The maximum Gasteiger partial charge on any atom is 0.191 e. The average Bonchev–Trinajstić information content (AvgIpc) is 2.94. The van der Waals surface area contributed by atoms with Crippen molar-refractivity contribution in [1.29, 1.82) is 0 Å². The molecule has 6 heteroatoms. The van der Waals surface area contributed by atoms with Gasteiger partial charge in [0.25, 0.3) is 0 Å². The Labute approximate surface area is 155 Å². The van der Waals surface area contributed by atoms with E-state index >= 15 is 0 Å². The predicted octanol–water partition coefficient (Wildman–Crippen LogP) is 2.61. The highest BCUT2D eigenvalue weighted by atomic mass is 16.3. The Morgan fingerprint density at radius 3 is 2.69 bits per heavy atom. The quantitative estimate of drug-likeness (QED) is 0.523. The number of nitrogens with one attached hydrogen (secondary N) is 2. The zero-order valence-electron chi connectivity index (χ0n) is 16.4. The standard InChI is InChI=1S/C20H30N4O2/c1-6-22-19(23-10-8-17-7-9-21-12-14(17)2)24-13-20(5,25)18-11-15(3)26-16(18)4/h7,9,11-12,25H,6,8,10,13H2,1-5H3,(H2,22,23,24). The lowest BCUT2D eigenvalue weighted by atomic mass is 9.96. The van der Waals surface area contributed by atoms with Crippen LogP contribution in [0.5, 0.6) is 0 Å². The summed E-state index contributed by atoms with van der Waals surface area (Å²) in [6.07, 6.45) is 4.57. The first kappa shape index (κ1) is 20.0. The molecule has 0 spiro atoms. The van der Waals surface area contributed by atoms with Gasteiger partial charge in [-0.15, -0.1) is 0 Å². The van der Waals surface area contributed by atoms with Gasteiger partial charge in [0.2, 0.25) is 0 Å². The third-order valence-electron chi connectivity index (χ3n) is 4.33. The lowest BCUT2D eigenvalue weighted by molar-refractivity contribution is 0.0657. The fourth-order valence-corrected chi connectivity index (χ4v) is 2.92. The van der Waals surface area contributed by atoms with Gasteiger partial charge in [-0.1, -0.05) is 0 Å². The molecule has 2 rings (SSSR count). The number of nitrogens with zero attached hydrogens (tertiary/aromatic N) is 2. The molecule has 1 unspecified atom stereocenters. The molecule has 0 aliphatic rings. The number of hydrogen-bond donors (Lipinski definition) is 3. The molecule has 142 valence electrons. The van der Waals surface area contributed by atoms with E-state index in [4.69, 9.17) is 4.42 Å². The van der Waals surface area contributed by atoms with E-state index in [2.05, 4.69) is 27.5 Å². The van der Waals surface area contributed by atoms with Crippen molar-refractivity contribution in [3.63, 3.8) is 0 Å². The third-order valence-corrected chi connectivity index (χ3v) is 4.33. The van der Waals surface area contributed by atoms with Crippen LogP contribution in [0.25, 0.3) is 0 Å². The molecule has 0 saturated heterocycles. The van der Waals surface area contributed by atoms with Crippen molar-refractivity contribution in [1.82, 2.24) is 15.6 Å². The monoisotopic (exact) mass is 358 g/mol. The molecular formula is C20H30N4O2. The fraction of sp³-hybridized carbons (Fsp3) is 0.500. The molecule has 0 saturated carbocycles. The summed E-state index contributed by atoms with van der Waals surface area (Å²) in [6, 6.07) is 3.91. The molecule has 2 aromatic rings. The van der Waals surface area contributed by atoms with Crippen molar-refractivity contribution in [3.05, 3.63) is 52.7 Å². The van der Waals surface area contributed by atoms with Crippen LogP contribution in [0.15, 0.2) is 33.9 Å². The first-order valence-electron chi connectivity index (χ1n) is 9.05. The van der Waals surface area contributed by atoms with Crippen molar-refractivity contribution in [2.45, 2.75) is 46.6 Å². The third kappa shape index (κ3) is 5.33. The van der Waals surface area contributed by atoms with Gasteiger partial charge in [-0.25, -0.2) is 4.99 Å². The van der Waals surface area contributed by atoms with Crippen molar-refractivity contribution in [2.75, 3.05) is 19.6 Å². The molecule has 0 fully saturated rings. The van der Waals surface area contributed by atoms with E-state index < -0.39 is 5.60 Å². The number of rotatable bonds is 7. The summed E-state index contributed by atoms with van der Waals surface area (Å²) in [6.45, 7) is 11.3. The minimum Gasteiger partial charge on any atom is -0.466 e. The summed E-state index contributed by atoms with van der Waals surface area (Å²) < 4.78 is 5.54. The average molecular weight is 358 g/mol. The molecule has 3 N–H and O–H groups in total. The maximum atomic E-state index is 10.8. The topological polar surface area (TPSA) is 82.7 Å². The second-order valence-corrected chi connectivity index (χ2v) is 6.77. The molecule has 0 radical (unpaired) electrons. The highest BCUT2D eigenvalue weighted by Gasteiger charge is 2.27. The van der Waals surface area contributed by atoms with Gasteiger partial charge in [0.05, 0.1) is 6.54 Å². The number of aliphatic imine (C=N–C) groups is 1. The van der Waals surface area contributed by atoms with Crippen molar-refractivity contribution >= 4 is 5.96 Å². The molecule has 2 aromatic heterocycles. The largest absolute Gasteiger partial charge is 0.466 e. The number of guanidine groups is 1. The first-order chi connectivity index (χ1) is 12.3. The fourth-order valence-electron chi connectivity index (χ4n) is 2.92. The van der Waals surface area contributed by atoms with Crippen LogP contribution < -0.4 is 10.6 Å². The molecule has 2 heterocycles. The Morgan fingerprint density at radius 1 is 1.31 bits per heavy atom. The summed E-state index contributed by atoms with van der Waals surface area (Å²) in [7, 11) is 0. The summed E-state index contributed by atoms with van der Waals surface area (Å²) in [5.41, 5.74) is 2.15. The molecule has 6 nitrogen and oxygen atoms in total. The van der Waals surface area contributed by atoms with E-state index in [0.29, 0.717) is 5.96 Å². The van der Waals surface area contributed by atoms with Crippen LogP contribution >= 0.6 is 0 Å². The van der Waals surface area contributed by atoms with Crippen LogP contribution in [0, 0.1) is 20.8 Å². The van der Waals surface area contributed by atoms with Crippen molar-refractivity contribution in [2.24, 2.45) is 4.99 Å². The molecule has 0 aliphatic carbocycles. The smallest absolute Gasteiger partial charge is 0.191 e. The predicted molar refractivity (Wildman–Crippen MR) is 104 cm³/mol. The van der Waals surface area contributed by atoms with Gasteiger partial charge in [-0.05, 0) is 64.3 Å². The van der Waals surface area contributed by atoms with E-state index in [9.17, 15) is 5.11 Å². The number of hydrogen-bond acceptors (Lipinski definition) is 4. The second kappa shape index (κ2) is 8.85. The maximum absolute atomic E-state index is 10.8. The van der Waals surface area contributed by atoms with E-state index in [-0.39, 0.29) is 6.54 Å². The lowest BCUT2D eigenvalue weighted by Crippen LogP contribution is -2.39. The molecule has 0 bridgehead atoms. The zero-order chi connectivity index (χ0) is 19.2. The SMILES string of the molecule is CCNC(=NCC(C)(O)c1cc(C)oc1C)NCCc1ccncc1C. The van der Waals surface area contributed by atoms with Crippen LogP contribution in [-0.2, 0) is 12.0 Å². The Hall–Kier alpha value is -2.34. The minimum absolute atomic E-state index is 0.246. The first-order valence-corrected chi connectivity index (χ1v) is 9.05. The van der Waals surface area contributed by atoms with E-state index in [0.717, 1.165) is 36.6 Å². The lowest BCUT2D eigenvalue weighted by Gasteiger charge is -2.21. The Morgan fingerprint density at radius 2 is 2.08 bits per heavy atom. The van der Waals surface area contributed by atoms with Gasteiger partial charge in [0, 0.05) is 31.0 Å². The van der Waals surface area contributed by atoms with Crippen molar-refractivity contribution in [3.8, 4) is 0 Å². The summed E-state index contributed by atoms with van der Waals surface area (Å²) in [4.78, 5) is 8.68. The van der Waals surface area contributed by atoms with Gasteiger partial charge < -0.3 is 20.2 Å². The highest BCUT2D eigenvalue weighted by Crippen LogP contribution is 2.27. The molecule has 0 amide bonds. The Balaban J connectivity index is 1.99. The Kier molecular flexibility index (Phi) is 6.80. The van der Waals surface area contributed by atoms with Crippen LogP contribution in [0.4, 0.5) is 0 Å². The number of aryl methyl sites for hydroxylation is 3. The summed E-state index contributed by atoms with van der Waals surface area (Å²) >= 11 is 0. The van der Waals surface area contributed by atoms with E-state index in [1.54, 1.807) is 6.92 Å². The molecular weight excluding hydrogens is 328 g/mol. The van der Waals surface area contributed by atoms with E-state index in [1.807, 2.05) is 45.3 Å². The van der Waals surface area contributed by atoms with Crippen molar-refractivity contribution < 1.29 is 9.52 Å². The van der Waals surface area contributed by atoms with E-state index in [1.165, 1.54) is 11.1 Å². The molecule has 0 aromatic carbocycles. The number of aliphatic hydroxyl groups is 1. The van der Waals surface area contributed by atoms with Gasteiger partial charge >= 0.3 is 0 Å². The zero-order valence-corrected chi connectivity index (χ0v) is 16.4. The number of furan rings is 1. The number of aromatic nitrogens is 1. The molecule has 0 aliphatic heterocycles. The number of pyridine rings is 1. The van der Waals surface area contributed by atoms with Crippen LogP contribution in [0.2, 0.25) is 0 Å². The van der Waals surface area contributed by atoms with Gasteiger partial charge in [-0.2, -0.15) is 0 Å². The van der Waals surface area contributed by atoms with Gasteiger partial charge in [0.15, 0.2) is 5.96 Å². The van der Waals surface area contributed by atoms with Crippen LogP contribution in [0.1, 0.15) is 42.1 Å². The minimum atomic E-state index is -1.08. The normalized spacial score (nSPS) is 14.2. The van der Waals surface area contributed by atoms with Gasteiger partial charge in [0.1, 0.15) is 17.1 Å². The molecule has 26 heavy (non-hydrogen) atoms. The molecule has 1 atom stereocenters. The highest BCUT2D eigenvalue weighted by molar-refractivity contribution is 5.79.